The predicted octanol–water partition coefficient (Wildman–Crippen LogP) is 8.50. The lowest BCUT2D eigenvalue weighted by atomic mass is 9.77. The Kier molecular flexibility index (Phi) is 6.76. The third-order valence-electron chi connectivity index (χ3n) is 6.45. The number of hydrogen-bond acceptors (Lipinski definition) is 0. The molecule has 154 valence electrons. The fourth-order valence-corrected chi connectivity index (χ4v) is 4.74. The number of hydrogen-bond donors (Lipinski definition) is 0. The van der Waals surface area contributed by atoms with Gasteiger partial charge in [0.25, 0.3) is 0 Å². The first-order valence-electron chi connectivity index (χ1n) is 11.1. The van der Waals surface area contributed by atoms with Crippen LogP contribution in [-0.4, -0.2) is 0 Å². The van der Waals surface area contributed by atoms with Crippen molar-refractivity contribution in [1.82, 2.24) is 0 Å². The second kappa shape index (κ2) is 9.67. The standard InChI is InChI=1S/C28H28ClF/c1-2-3-4-20-5-10-22(11-6-20)24-15-18-27-25(19-24)14-13-23(28(27)30)12-7-21-8-16-26(29)17-9-21/h8-9,13-20,22H,2-6,10-11H2,1H3. The molecule has 3 aromatic rings. The quantitative estimate of drug-likeness (QED) is 0.372. The van der Waals surface area contributed by atoms with Gasteiger partial charge in [0.15, 0.2) is 0 Å². The molecule has 0 N–H and O–H groups in total. The lowest BCUT2D eigenvalue weighted by Crippen LogP contribution is -2.13. The van der Waals surface area contributed by atoms with Crippen LogP contribution in [0.4, 0.5) is 4.39 Å². The first kappa shape index (κ1) is 21.0. The number of unbranched alkanes of at least 4 members (excludes halogenated alkanes) is 1. The van der Waals surface area contributed by atoms with E-state index in [1.165, 1.54) is 50.5 Å². The van der Waals surface area contributed by atoms with Gasteiger partial charge in [0, 0.05) is 16.0 Å². The Labute approximate surface area is 184 Å². The second-order valence-corrected chi connectivity index (χ2v) is 8.96. The van der Waals surface area contributed by atoms with E-state index in [0.717, 1.165) is 16.9 Å². The Hall–Kier alpha value is -2.30. The van der Waals surface area contributed by atoms with Crippen LogP contribution in [0.3, 0.4) is 0 Å². The maximum Gasteiger partial charge on any atom is 0.146 e. The number of benzene rings is 3. The zero-order valence-electron chi connectivity index (χ0n) is 17.6. The van der Waals surface area contributed by atoms with Gasteiger partial charge in [-0.05, 0) is 78.8 Å². The molecule has 4 rings (SSSR count). The molecule has 30 heavy (non-hydrogen) atoms. The molecule has 0 bridgehead atoms. The van der Waals surface area contributed by atoms with Crippen molar-refractivity contribution in [3.63, 3.8) is 0 Å². The van der Waals surface area contributed by atoms with Gasteiger partial charge in [0.2, 0.25) is 0 Å². The summed E-state index contributed by atoms with van der Waals surface area (Å²) in [7, 11) is 0. The van der Waals surface area contributed by atoms with E-state index in [1.807, 2.05) is 24.3 Å². The number of halogens is 2. The van der Waals surface area contributed by atoms with E-state index in [2.05, 4.69) is 30.9 Å². The first-order valence-corrected chi connectivity index (χ1v) is 11.5. The Bertz CT molecular complexity index is 1060. The minimum absolute atomic E-state index is 0.233. The minimum atomic E-state index is -0.233. The maximum atomic E-state index is 15.1. The highest BCUT2D eigenvalue weighted by atomic mass is 35.5. The summed E-state index contributed by atoms with van der Waals surface area (Å²) in [4.78, 5) is 0. The van der Waals surface area contributed by atoms with Gasteiger partial charge in [-0.1, -0.05) is 73.9 Å². The Morgan fingerprint density at radius 1 is 0.933 bits per heavy atom. The molecule has 0 amide bonds. The topological polar surface area (TPSA) is 0 Å². The van der Waals surface area contributed by atoms with Crippen molar-refractivity contribution in [2.75, 3.05) is 0 Å². The van der Waals surface area contributed by atoms with Crippen LogP contribution in [0.25, 0.3) is 10.8 Å². The molecule has 0 spiro atoms. The van der Waals surface area contributed by atoms with E-state index in [4.69, 9.17) is 11.6 Å². The maximum absolute atomic E-state index is 15.1. The average molecular weight is 419 g/mol. The van der Waals surface area contributed by atoms with Crippen molar-refractivity contribution < 1.29 is 4.39 Å². The zero-order chi connectivity index (χ0) is 20.9. The molecule has 1 saturated carbocycles. The zero-order valence-corrected chi connectivity index (χ0v) is 18.3. The summed E-state index contributed by atoms with van der Waals surface area (Å²) in [5, 5.41) is 2.29. The van der Waals surface area contributed by atoms with Gasteiger partial charge in [0.1, 0.15) is 5.82 Å². The average Bonchev–Trinajstić information content (AvgIpc) is 2.78. The Morgan fingerprint density at radius 3 is 2.43 bits per heavy atom. The summed E-state index contributed by atoms with van der Waals surface area (Å²) in [5.74, 6) is 7.28. The monoisotopic (exact) mass is 418 g/mol. The van der Waals surface area contributed by atoms with Crippen LogP contribution in [0.2, 0.25) is 5.02 Å². The molecule has 2 heteroatoms. The van der Waals surface area contributed by atoms with Crippen LogP contribution >= 0.6 is 11.6 Å². The largest absolute Gasteiger partial charge is 0.205 e. The minimum Gasteiger partial charge on any atom is -0.205 e. The fourth-order valence-electron chi connectivity index (χ4n) is 4.61. The van der Waals surface area contributed by atoms with Crippen LogP contribution < -0.4 is 0 Å². The SMILES string of the molecule is CCCCC1CCC(c2ccc3c(F)c(C#Cc4ccc(Cl)cc4)ccc3c2)CC1. The van der Waals surface area contributed by atoms with Crippen LogP contribution in [0.5, 0.6) is 0 Å². The summed E-state index contributed by atoms with van der Waals surface area (Å²) in [6.45, 7) is 2.27. The normalized spacial score (nSPS) is 18.8. The molecule has 0 atom stereocenters. The van der Waals surface area contributed by atoms with Crippen molar-refractivity contribution in [3.8, 4) is 11.8 Å². The fraction of sp³-hybridized carbons (Fsp3) is 0.357. The Balaban J connectivity index is 1.51. The van der Waals surface area contributed by atoms with Crippen LogP contribution in [0.1, 0.15) is 74.5 Å². The van der Waals surface area contributed by atoms with E-state index >= 15 is 4.39 Å². The number of fused-ring (bicyclic) bond motifs is 1. The molecule has 1 fully saturated rings. The number of rotatable bonds is 4. The van der Waals surface area contributed by atoms with Gasteiger partial charge in [-0.25, -0.2) is 4.39 Å². The Morgan fingerprint density at radius 2 is 1.70 bits per heavy atom. The molecule has 0 saturated heterocycles. The van der Waals surface area contributed by atoms with Gasteiger partial charge in [-0.2, -0.15) is 0 Å². The second-order valence-electron chi connectivity index (χ2n) is 8.52. The van der Waals surface area contributed by atoms with Crippen LogP contribution in [0.15, 0.2) is 54.6 Å². The van der Waals surface area contributed by atoms with E-state index in [9.17, 15) is 0 Å². The van der Waals surface area contributed by atoms with E-state index < -0.39 is 0 Å². The molecule has 0 aliphatic heterocycles. The lowest BCUT2D eigenvalue weighted by Gasteiger charge is -2.29. The van der Waals surface area contributed by atoms with Crippen molar-refractivity contribution in [2.24, 2.45) is 5.92 Å². The highest BCUT2D eigenvalue weighted by Crippen LogP contribution is 2.38. The first-order chi connectivity index (χ1) is 14.6. The highest BCUT2D eigenvalue weighted by molar-refractivity contribution is 6.30. The molecule has 1 aliphatic carbocycles. The van der Waals surface area contributed by atoms with Gasteiger partial charge >= 0.3 is 0 Å². The van der Waals surface area contributed by atoms with E-state index in [1.54, 1.807) is 18.2 Å². The molecule has 0 radical (unpaired) electrons. The molecular weight excluding hydrogens is 391 g/mol. The summed E-state index contributed by atoms with van der Waals surface area (Å²) in [6, 6.07) is 17.3. The van der Waals surface area contributed by atoms with E-state index in [-0.39, 0.29) is 5.82 Å². The van der Waals surface area contributed by atoms with E-state index in [0.29, 0.717) is 21.9 Å². The van der Waals surface area contributed by atoms with Crippen molar-refractivity contribution in [2.45, 2.75) is 57.8 Å². The summed E-state index contributed by atoms with van der Waals surface area (Å²) in [5.41, 5.74) is 2.61. The van der Waals surface area contributed by atoms with Crippen molar-refractivity contribution in [3.05, 3.63) is 82.1 Å². The molecule has 3 aromatic carbocycles. The smallest absolute Gasteiger partial charge is 0.146 e. The molecule has 0 nitrogen and oxygen atoms in total. The van der Waals surface area contributed by atoms with Crippen molar-refractivity contribution >= 4 is 22.4 Å². The molecule has 0 heterocycles. The summed E-state index contributed by atoms with van der Waals surface area (Å²) < 4.78 is 15.1. The van der Waals surface area contributed by atoms with Gasteiger partial charge in [-0.3, -0.25) is 0 Å². The van der Waals surface area contributed by atoms with Crippen molar-refractivity contribution in [1.29, 1.82) is 0 Å². The molecule has 0 unspecified atom stereocenters. The molecule has 0 aromatic heterocycles. The van der Waals surface area contributed by atoms with Crippen LogP contribution in [0, 0.1) is 23.6 Å². The van der Waals surface area contributed by atoms with Gasteiger partial charge in [-0.15, -0.1) is 0 Å². The highest BCUT2D eigenvalue weighted by Gasteiger charge is 2.22. The third kappa shape index (κ3) is 4.88. The predicted molar refractivity (Wildman–Crippen MR) is 126 cm³/mol. The van der Waals surface area contributed by atoms with Gasteiger partial charge in [0.05, 0.1) is 5.56 Å². The summed E-state index contributed by atoms with van der Waals surface area (Å²) >= 11 is 5.91. The third-order valence-corrected chi connectivity index (χ3v) is 6.70. The summed E-state index contributed by atoms with van der Waals surface area (Å²) in [6.07, 6.45) is 9.20. The lowest BCUT2D eigenvalue weighted by molar-refractivity contribution is 0.304. The van der Waals surface area contributed by atoms with Crippen LogP contribution in [-0.2, 0) is 0 Å². The molecule has 1 aliphatic rings. The van der Waals surface area contributed by atoms with Gasteiger partial charge < -0.3 is 0 Å². The molecular formula is C28H28ClF.